The normalized spacial score (nSPS) is 10.7. The van der Waals surface area contributed by atoms with Gasteiger partial charge in [0.2, 0.25) is 5.88 Å². The molecule has 0 fully saturated rings. The van der Waals surface area contributed by atoms with Crippen LogP contribution in [-0.4, -0.2) is 19.6 Å². The summed E-state index contributed by atoms with van der Waals surface area (Å²) in [5.41, 5.74) is 0.316. The van der Waals surface area contributed by atoms with E-state index in [1.807, 2.05) is 0 Å². The maximum Gasteiger partial charge on any atom is 0.262 e. The van der Waals surface area contributed by atoms with E-state index in [9.17, 15) is 14.3 Å². The molecule has 0 aromatic carbocycles. The molecule has 18 heavy (non-hydrogen) atoms. The molecule has 0 unspecified atom stereocenters. The van der Waals surface area contributed by atoms with E-state index in [1.165, 1.54) is 20.0 Å². The molecule has 2 aromatic rings. The van der Waals surface area contributed by atoms with Crippen LogP contribution in [0, 0.1) is 26.6 Å². The summed E-state index contributed by atoms with van der Waals surface area (Å²) in [4.78, 5) is 19.5. The third kappa shape index (κ3) is 1.85. The Balaban J connectivity index is 2.86. The van der Waals surface area contributed by atoms with E-state index in [1.54, 1.807) is 6.92 Å². The van der Waals surface area contributed by atoms with Crippen molar-refractivity contribution in [2.75, 3.05) is 0 Å². The van der Waals surface area contributed by atoms with Crippen molar-refractivity contribution in [3.8, 4) is 11.6 Å². The van der Waals surface area contributed by atoms with E-state index in [0.717, 1.165) is 10.6 Å². The van der Waals surface area contributed by atoms with Gasteiger partial charge in [0.05, 0.1) is 17.4 Å². The number of halogens is 1. The van der Waals surface area contributed by atoms with Crippen molar-refractivity contribution in [2.24, 2.45) is 0 Å². The summed E-state index contributed by atoms with van der Waals surface area (Å²) in [7, 11) is 0. The van der Waals surface area contributed by atoms with Gasteiger partial charge in [-0.3, -0.25) is 14.3 Å². The van der Waals surface area contributed by atoms with Crippen molar-refractivity contribution in [1.82, 2.24) is 14.5 Å². The number of aromatic nitrogens is 3. The van der Waals surface area contributed by atoms with E-state index >= 15 is 0 Å². The Bertz CT molecular complexity index is 680. The third-order valence-electron chi connectivity index (χ3n) is 2.65. The van der Waals surface area contributed by atoms with Crippen molar-refractivity contribution in [3.63, 3.8) is 0 Å². The van der Waals surface area contributed by atoms with E-state index in [0.29, 0.717) is 5.56 Å². The zero-order valence-electron chi connectivity index (χ0n) is 10.2. The summed E-state index contributed by atoms with van der Waals surface area (Å²) in [5.74, 6) is -0.724. The number of aromatic hydroxyl groups is 1. The lowest BCUT2D eigenvalue weighted by Crippen LogP contribution is -2.23. The maximum atomic E-state index is 14.1. The molecular formula is C12H12FN3O2. The van der Waals surface area contributed by atoms with E-state index in [-0.39, 0.29) is 23.1 Å². The second-order valence-corrected chi connectivity index (χ2v) is 4.02. The first-order valence-corrected chi connectivity index (χ1v) is 5.33. The summed E-state index contributed by atoms with van der Waals surface area (Å²) in [6.45, 7) is 4.70. The average Bonchev–Trinajstić information content (AvgIpc) is 2.27. The standard InChI is InChI=1S/C12H12FN3O2/c1-6-5-14-7(2)11(13)12(6)16-8(3)15-9(17)4-10(16)18/h4-5,17H,1-3H3. The second-order valence-electron chi connectivity index (χ2n) is 4.02. The predicted octanol–water partition coefficient (Wildman–Crippen LogP) is 1.40. The van der Waals surface area contributed by atoms with Crippen LogP contribution < -0.4 is 5.56 Å². The molecule has 2 rings (SSSR count). The summed E-state index contributed by atoms with van der Waals surface area (Å²) in [6.07, 6.45) is 1.49. The molecule has 6 heteroatoms. The molecule has 0 aliphatic carbocycles. The molecule has 0 saturated heterocycles. The Morgan fingerprint density at radius 3 is 2.61 bits per heavy atom. The van der Waals surface area contributed by atoms with Gasteiger partial charge in [-0.15, -0.1) is 0 Å². The highest BCUT2D eigenvalue weighted by Crippen LogP contribution is 2.19. The number of aryl methyl sites for hydroxylation is 3. The first-order valence-electron chi connectivity index (χ1n) is 5.33. The number of rotatable bonds is 1. The fraction of sp³-hybridized carbons (Fsp3) is 0.250. The molecule has 0 amide bonds. The van der Waals surface area contributed by atoms with Crippen LogP contribution in [0.25, 0.3) is 5.69 Å². The molecule has 0 aliphatic rings. The molecule has 0 spiro atoms. The Morgan fingerprint density at radius 1 is 1.33 bits per heavy atom. The monoisotopic (exact) mass is 249 g/mol. The van der Waals surface area contributed by atoms with Crippen LogP contribution in [0.4, 0.5) is 4.39 Å². The van der Waals surface area contributed by atoms with Gasteiger partial charge < -0.3 is 5.11 Å². The molecule has 0 aliphatic heterocycles. The highest BCUT2D eigenvalue weighted by molar-refractivity contribution is 5.42. The highest BCUT2D eigenvalue weighted by atomic mass is 19.1. The summed E-state index contributed by atoms with van der Waals surface area (Å²) in [6, 6.07) is 0.946. The zero-order chi connectivity index (χ0) is 13.4. The van der Waals surface area contributed by atoms with Crippen LogP contribution in [0.2, 0.25) is 0 Å². The maximum absolute atomic E-state index is 14.1. The van der Waals surface area contributed by atoms with Crippen LogP contribution >= 0.6 is 0 Å². The number of hydrogen-bond donors (Lipinski definition) is 1. The molecular weight excluding hydrogens is 237 g/mol. The molecule has 0 atom stereocenters. The fourth-order valence-corrected chi connectivity index (χ4v) is 1.78. The topological polar surface area (TPSA) is 68.0 Å². The molecule has 0 saturated carbocycles. The number of hydrogen-bond acceptors (Lipinski definition) is 4. The van der Waals surface area contributed by atoms with Crippen molar-refractivity contribution >= 4 is 0 Å². The van der Waals surface area contributed by atoms with Crippen molar-refractivity contribution < 1.29 is 9.50 Å². The summed E-state index contributed by atoms with van der Waals surface area (Å²) >= 11 is 0. The van der Waals surface area contributed by atoms with Crippen LogP contribution in [0.5, 0.6) is 5.88 Å². The molecule has 5 nitrogen and oxygen atoms in total. The van der Waals surface area contributed by atoms with E-state index in [2.05, 4.69) is 9.97 Å². The van der Waals surface area contributed by atoms with Gasteiger partial charge in [0, 0.05) is 6.20 Å². The quantitative estimate of drug-likeness (QED) is 0.829. The zero-order valence-corrected chi connectivity index (χ0v) is 10.2. The lowest BCUT2D eigenvalue weighted by molar-refractivity contribution is 0.446. The molecule has 94 valence electrons. The van der Waals surface area contributed by atoms with E-state index in [4.69, 9.17) is 0 Å². The van der Waals surface area contributed by atoms with Gasteiger partial charge in [-0.2, -0.15) is 0 Å². The lowest BCUT2D eigenvalue weighted by atomic mass is 10.2. The predicted molar refractivity (Wildman–Crippen MR) is 63.5 cm³/mol. The van der Waals surface area contributed by atoms with Gasteiger partial charge >= 0.3 is 0 Å². The van der Waals surface area contributed by atoms with Crippen LogP contribution in [0.15, 0.2) is 17.1 Å². The first-order chi connectivity index (χ1) is 8.41. The van der Waals surface area contributed by atoms with Crippen LogP contribution in [0.3, 0.4) is 0 Å². The van der Waals surface area contributed by atoms with E-state index < -0.39 is 11.4 Å². The van der Waals surface area contributed by atoms with Crippen LogP contribution in [-0.2, 0) is 0 Å². The summed E-state index contributed by atoms with van der Waals surface area (Å²) in [5, 5.41) is 9.23. The molecule has 2 aromatic heterocycles. The van der Waals surface area contributed by atoms with Gasteiger partial charge in [0.1, 0.15) is 5.82 Å². The lowest BCUT2D eigenvalue weighted by Gasteiger charge is -2.13. The van der Waals surface area contributed by atoms with Gasteiger partial charge in [0.15, 0.2) is 5.82 Å². The van der Waals surface area contributed by atoms with Crippen LogP contribution in [0.1, 0.15) is 17.1 Å². The Kier molecular flexibility index (Phi) is 2.86. The minimum atomic E-state index is -0.562. The van der Waals surface area contributed by atoms with Crippen molar-refractivity contribution in [3.05, 3.63) is 45.5 Å². The Morgan fingerprint density at radius 2 is 2.00 bits per heavy atom. The third-order valence-corrected chi connectivity index (χ3v) is 2.65. The molecule has 1 N–H and O–H groups in total. The molecule has 2 heterocycles. The fourth-order valence-electron chi connectivity index (χ4n) is 1.78. The smallest absolute Gasteiger partial charge is 0.262 e. The minimum Gasteiger partial charge on any atom is -0.493 e. The Hall–Kier alpha value is -2.24. The van der Waals surface area contributed by atoms with Gasteiger partial charge in [-0.25, -0.2) is 9.37 Å². The number of nitrogens with zero attached hydrogens (tertiary/aromatic N) is 3. The minimum absolute atomic E-state index is 0.123. The van der Waals surface area contributed by atoms with Crippen molar-refractivity contribution in [2.45, 2.75) is 20.8 Å². The average molecular weight is 249 g/mol. The largest absolute Gasteiger partial charge is 0.493 e. The number of pyridine rings is 1. The van der Waals surface area contributed by atoms with Gasteiger partial charge in [-0.1, -0.05) is 0 Å². The molecule has 0 radical (unpaired) electrons. The first kappa shape index (κ1) is 12.2. The van der Waals surface area contributed by atoms with Gasteiger partial charge in [0.25, 0.3) is 5.56 Å². The SMILES string of the molecule is Cc1cnc(C)c(F)c1-n1c(C)nc(O)cc1=O. The van der Waals surface area contributed by atoms with Crippen molar-refractivity contribution in [1.29, 1.82) is 0 Å². The second kappa shape index (κ2) is 4.21. The van der Waals surface area contributed by atoms with Gasteiger partial charge in [-0.05, 0) is 26.3 Å². The highest BCUT2D eigenvalue weighted by Gasteiger charge is 2.16. The Labute approximate surface area is 103 Å². The summed E-state index contributed by atoms with van der Waals surface area (Å²) < 4.78 is 15.2. The molecule has 0 bridgehead atoms.